The number of rotatable bonds is 4. The standard InChI is InChI=1S/C10H10ClF2N5/c1-2-14-5-9-15-16-17-18(9)10-7(11)3-6(12)4-8(10)13/h3-4,14H,2,5H2,1H3. The third-order valence-corrected chi connectivity index (χ3v) is 2.55. The molecule has 0 amide bonds. The van der Waals surface area contributed by atoms with Crippen molar-refractivity contribution in [1.82, 2.24) is 25.5 Å². The van der Waals surface area contributed by atoms with E-state index < -0.39 is 11.6 Å². The van der Waals surface area contributed by atoms with Crippen molar-refractivity contribution in [1.29, 1.82) is 0 Å². The van der Waals surface area contributed by atoms with Crippen LogP contribution in [0.25, 0.3) is 5.69 Å². The summed E-state index contributed by atoms with van der Waals surface area (Å²) in [6, 6.07) is 1.75. The summed E-state index contributed by atoms with van der Waals surface area (Å²) in [4.78, 5) is 0. The molecule has 1 N–H and O–H groups in total. The molecule has 8 heteroatoms. The van der Waals surface area contributed by atoms with Crippen LogP contribution in [0.15, 0.2) is 12.1 Å². The molecule has 0 saturated heterocycles. The minimum absolute atomic E-state index is 0.0593. The zero-order valence-electron chi connectivity index (χ0n) is 9.49. The molecule has 0 saturated carbocycles. The van der Waals surface area contributed by atoms with E-state index in [4.69, 9.17) is 11.6 Å². The summed E-state index contributed by atoms with van der Waals surface area (Å²) in [5.74, 6) is -1.17. The van der Waals surface area contributed by atoms with Gasteiger partial charge in [0.1, 0.15) is 11.5 Å². The van der Waals surface area contributed by atoms with Gasteiger partial charge in [0.2, 0.25) is 0 Å². The van der Waals surface area contributed by atoms with E-state index >= 15 is 0 Å². The molecule has 0 aliphatic rings. The number of nitrogens with zero attached hydrogens (tertiary/aromatic N) is 4. The highest BCUT2D eigenvalue weighted by atomic mass is 35.5. The van der Waals surface area contributed by atoms with Crippen molar-refractivity contribution in [2.45, 2.75) is 13.5 Å². The Bertz CT molecular complexity index is 534. The van der Waals surface area contributed by atoms with Crippen LogP contribution < -0.4 is 5.32 Å². The largest absolute Gasteiger partial charge is 0.310 e. The molecule has 1 aromatic carbocycles. The lowest BCUT2D eigenvalue weighted by molar-refractivity contribution is 0.566. The number of hydrogen-bond acceptors (Lipinski definition) is 4. The molecular weight excluding hydrogens is 264 g/mol. The van der Waals surface area contributed by atoms with E-state index in [1.165, 1.54) is 0 Å². The van der Waals surface area contributed by atoms with Crippen molar-refractivity contribution in [3.63, 3.8) is 0 Å². The van der Waals surface area contributed by atoms with Crippen molar-refractivity contribution >= 4 is 11.6 Å². The fourth-order valence-electron chi connectivity index (χ4n) is 1.46. The van der Waals surface area contributed by atoms with Gasteiger partial charge in [0.15, 0.2) is 11.6 Å². The van der Waals surface area contributed by atoms with E-state index in [0.29, 0.717) is 18.9 Å². The molecule has 2 rings (SSSR count). The Morgan fingerprint density at radius 2 is 2.17 bits per heavy atom. The van der Waals surface area contributed by atoms with E-state index in [1.54, 1.807) is 0 Å². The average Bonchev–Trinajstić information content (AvgIpc) is 2.73. The summed E-state index contributed by atoms with van der Waals surface area (Å²) < 4.78 is 27.8. The van der Waals surface area contributed by atoms with Crippen LogP contribution in [0.2, 0.25) is 5.02 Å². The van der Waals surface area contributed by atoms with Gasteiger partial charge < -0.3 is 5.32 Å². The van der Waals surface area contributed by atoms with E-state index in [2.05, 4.69) is 20.8 Å². The molecule has 1 heterocycles. The number of halogens is 3. The lowest BCUT2D eigenvalue weighted by Crippen LogP contribution is -2.17. The van der Waals surface area contributed by atoms with Crippen molar-refractivity contribution in [3.8, 4) is 5.69 Å². The van der Waals surface area contributed by atoms with E-state index in [1.807, 2.05) is 6.92 Å². The summed E-state index contributed by atoms with van der Waals surface area (Å²) >= 11 is 5.82. The molecule has 0 bridgehead atoms. The van der Waals surface area contributed by atoms with Gasteiger partial charge in [-0.1, -0.05) is 18.5 Å². The maximum atomic E-state index is 13.7. The second-order valence-electron chi connectivity index (χ2n) is 3.51. The minimum atomic E-state index is -0.815. The molecule has 0 aliphatic heterocycles. The predicted octanol–water partition coefficient (Wildman–Crippen LogP) is 1.70. The molecule has 18 heavy (non-hydrogen) atoms. The molecule has 5 nitrogen and oxygen atoms in total. The van der Waals surface area contributed by atoms with Crippen LogP contribution in [-0.2, 0) is 6.54 Å². The van der Waals surface area contributed by atoms with Crippen molar-refractivity contribution in [3.05, 3.63) is 34.6 Å². The Balaban J connectivity index is 2.46. The highest BCUT2D eigenvalue weighted by molar-refractivity contribution is 6.32. The van der Waals surface area contributed by atoms with Crippen molar-refractivity contribution < 1.29 is 8.78 Å². The fraction of sp³-hybridized carbons (Fsp3) is 0.300. The predicted molar refractivity (Wildman–Crippen MR) is 61.5 cm³/mol. The van der Waals surface area contributed by atoms with Crippen LogP contribution in [0.3, 0.4) is 0 Å². The van der Waals surface area contributed by atoms with Gasteiger partial charge in [0.25, 0.3) is 0 Å². The number of benzene rings is 1. The quantitative estimate of drug-likeness (QED) is 0.921. The van der Waals surface area contributed by atoms with Crippen LogP contribution >= 0.6 is 11.6 Å². The van der Waals surface area contributed by atoms with Crippen molar-refractivity contribution in [2.75, 3.05) is 6.54 Å². The van der Waals surface area contributed by atoms with Crippen molar-refractivity contribution in [2.24, 2.45) is 0 Å². The number of hydrogen-bond donors (Lipinski definition) is 1. The average molecular weight is 274 g/mol. The lowest BCUT2D eigenvalue weighted by atomic mass is 10.3. The van der Waals surface area contributed by atoms with E-state index in [9.17, 15) is 8.78 Å². The summed E-state index contributed by atoms with van der Waals surface area (Å²) in [5.41, 5.74) is -0.0593. The molecule has 2 aromatic rings. The SMILES string of the molecule is CCNCc1nnnn1-c1c(F)cc(F)cc1Cl. The molecule has 0 aliphatic carbocycles. The van der Waals surface area contributed by atoms with Crippen LogP contribution in [0.1, 0.15) is 12.7 Å². The first-order chi connectivity index (χ1) is 8.63. The van der Waals surface area contributed by atoms with E-state index in [-0.39, 0.29) is 10.7 Å². The second-order valence-corrected chi connectivity index (χ2v) is 3.91. The summed E-state index contributed by atoms with van der Waals surface area (Å²) in [6.45, 7) is 2.99. The van der Waals surface area contributed by atoms with Gasteiger partial charge in [-0.15, -0.1) is 5.10 Å². The lowest BCUT2D eigenvalue weighted by Gasteiger charge is -2.08. The van der Waals surface area contributed by atoms with Crippen LogP contribution in [0.4, 0.5) is 8.78 Å². The maximum Gasteiger partial charge on any atom is 0.170 e. The molecule has 96 valence electrons. The summed E-state index contributed by atoms with van der Waals surface area (Å²) in [5, 5.41) is 13.8. The Kier molecular flexibility index (Phi) is 3.83. The van der Waals surface area contributed by atoms with Gasteiger partial charge in [-0.25, -0.2) is 8.78 Å². The van der Waals surface area contributed by atoms with Gasteiger partial charge in [0, 0.05) is 6.07 Å². The van der Waals surface area contributed by atoms with Gasteiger partial charge >= 0.3 is 0 Å². The normalized spacial score (nSPS) is 10.9. The topological polar surface area (TPSA) is 55.6 Å². The molecule has 0 spiro atoms. The van der Waals surface area contributed by atoms with Gasteiger partial charge in [0.05, 0.1) is 11.6 Å². The maximum absolute atomic E-state index is 13.7. The molecule has 0 unspecified atom stereocenters. The Hall–Kier alpha value is -1.60. The van der Waals surface area contributed by atoms with Crippen LogP contribution in [0.5, 0.6) is 0 Å². The smallest absolute Gasteiger partial charge is 0.170 e. The summed E-state index contributed by atoms with van der Waals surface area (Å²) in [7, 11) is 0. The third-order valence-electron chi connectivity index (χ3n) is 2.26. The highest BCUT2D eigenvalue weighted by Crippen LogP contribution is 2.24. The zero-order chi connectivity index (χ0) is 13.1. The Morgan fingerprint density at radius 1 is 1.39 bits per heavy atom. The third kappa shape index (κ3) is 2.46. The zero-order valence-corrected chi connectivity index (χ0v) is 10.2. The van der Waals surface area contributed by atoms with Gasteiger partial charge in [-0.2, -0.15) is 4.68 Å². The number of tetrazole rings is 1. The molecule has 0 radical (unpaired) electrons. The van der Waals surface area contributed by atoms with Crippen LogP contribution in [0, 0.1) is 11.6 Å². The Morgan fingerprint density at radius 3 is 2.83 bits per heavy atom. The van der Waals surface area contributed by atoms with Crippen LogP contribution in [-0.4, -0.2) is 26.8 Å². The van der Waals surface area contributed by atoms with Gasteiger partial charge in [-0.05, 0) is 23.0 Å². The molecule has 0 fully saturated rings. The first-order valence-corrected chi connectivity index (χ1v) is 5.64. The monoisotopic (exact) mass is 273 g/mol. The van der Waals surface area contributed by atoms with E-state index in [0.717, 1.165) is 16.8 Å². The van der Waals surface area contributed by atoms with Gasteiger partial charge in [-0.3, -0.25) is 0 Å². The molecule has 0 atom stereocenters. The minimum Gasteiger partial charge on any atom is -0.310 e. The number of nitrogens with one attached hydrogen (secondary N) is 1. The highest BCUT2D eigenvalue weighted by Gasteiger charge is 2.17. The second kappa shape index (κ2) is 5.36. The Labute approximate surface area is 107 Å². The first kappa shape index (κ1) is 12.8. The number of aromatic nitrogens is 4. The molecular formula is C10H10ClF2N5. The molecule has 1 aromatic heterocycles. The summed E-state index contributed by atoms with van der Waals surface area (Å²) in [6.07, 6.45) is 0. The first-order valence-electron chi connectivity index (χ1n) is 5.26. The fourth-order valence-corrected chi connectivity index (χ4v) is 1.74.